The second kappa shape index (κ2) is 16.6. The first-order valence-electron chi connectivity index (χ1n) is 12.1. The standard InChI is InChI=1S/C28H32N2O6.2H2O/c1-20-13-14-23(31)12-7-2-4-9-21-17-24(18-25(32)26(21)27(33)36-19-20)35-16-8-15-29-28(34)30-22-10-5-3-6-11-22;;/h3-6,9-11,13-14,17-18,20,32H,2,7-8,12,15-16,19H2,1H3,(H2,29,30,34);2*1H2/b9-4+,14-13-;;/t20-;;/m1../s1. The van der Waals surface area contributed by atoms with E-state index in [2.05, 4.69) is 10.6 Å². The molecule has 1 atom stereocenters. The second-order valence-electron chi connectivity index (χ2n) is 8.55. The third kappa shape index (κ3) is 10.5. The number of carbonyl (C=O) groups excluding carboxylic acids is 3. The number of rotatable bonds is 6. The van der Waals surface area contributed by atoms with Crippen LogP contribution in [0.25, 0.3) is 6.08 Å². The number of hydrogen-bond donors (Lipinski definition) is 3. The van der Waals surface area contributed by atoms with Gasteiger partial charge in [-0.3, -0.25) is 4.79 Å². The summed E-state index contributed by atoms with van der Waals surface area (Å²) in [5, 5.41) is 16.1. The number of aromatic hydroxyl groups is 1. The van der Waals surface area contributed by atoms with Crippen molar-refractivity contribution in [2.45, 2.75) is 32.6 Å². The predicted molar refractivity (Wildman–Crippen MR) is 145 cm³/mol. The SMILES string of the molecule is C[C@@H]1/C=C\C(=O)CCC/C=C/c2cc(OCCCNC(=O)Nc3ccccc3)cc(O)c2C(=O)OC1.O.O. The average Bonchev–Trinajstić information content (AvgIpc) is 2.85. The molecule has 7 N–H and O–H groups in total. The summed E-state index contributed by atoms with van der Waals surface area (Å²) in [6, 6.07) is 11.9. The summed E-state index contributed by atoms with van der Waals surface area (Å²) in [5.41, 5.74) is 1.25. The van der Waals surface area contributed by atoms with E-state index in [-0.39, 0.29) is 46.6 Å². The van der Waals surface area contributed by atoms with Crippen LogP contribution in [0, 0.1) is 5.92 Å². The van der Waals surface area contributed by atoms with Crippen molar-refractivity contribution in [3.63, 3.8) is 0 Å². The number of hydrogen-bond acceptors (Lipinski definition) is 6. The average molecular weight is 529 g/mol. The zero-order valence-electron chi connectivity index (χ0n) is 21.4. The van der Waals surface area contributed by atoms with Gasteiger partial charge in [0.1, 0.15) is 17.1 Å². The molecule has 38 heavy (non-hydrogen) atoms. The summed E-state index contributed by atoms with van der Waals surface area (Å²) >= 11 is 0. The molecule has 2 amide bonds. The van der Waals surface area contributed by atoms with Crippen molar-refractivity contribution in [1.29, 1.82) is 0 Å². The van der Waals surface area contributed by atoms with E-state index in [9.17, 15) is 19.5 Å². The molecule has 2 aromatic rings. The van der Waals surface area contributed by atoms with E-state index < -0.39 is 5.97 Å². The predicted octanol–water partition coefficient (Wildman–Crippen LogP) is 3.45. The number of para-hydroxylation sites is 1. The fourth-order valence-electron chi connectivity index (χ4n) is 3.51. The highest BCUT2D eigenvalue weighted by Crippen LogP contribution is 2.30. The number of allylic oxidation sites excluding steroid dienone is 2. The second-order valence-corrected chi connectivity index (χ2v) is 8.55. The lowest BCUT2D eigenvalue weighted by Gasteiger charge is -2.14. The highest BCUT2D eigenvalue weighted by molar-refractivity contribution is 5.97. The molecule has 1 heterocycles. The van der Waals surface area contributed by atoms with Gasteiger partial charge in [0, 0.05) is 30.6 Å². The fourth-order valence-corrected chi connectivity index (χ4v) is 3.51. The van der Waals surface area contributed by atoms with E-state index >= 15 is 0 Å². The van der Waals surface area contributed by atoms with Crippen LogP contribution in [-0.4, -0.2) is 53.6 Å². The van der Waals surface area contributed by atoms with Gasteiger partial charge in [0.15, 0.2) is 5.78 Å². The fraction of sp³-hybridized carbons (Fsp3) is 0.321. The molecule has 0 radical (unpaired) electrons. The highest BCUT2D eigenvalue weighted by atomic mass is 16.5. The van der Waals surface area contributed by atoms with Gasteiger partial charge in [-0.1, -0.05) is 43.4 Å². The third-order valence-electron chi connectivity index (χ3n) is 5.41. The van der Waals surface area contributed by atoms with Crippen LogP contribution in [0.5, 0.6) is 11.5 Å². The van der Waals surface area contributed by atoms with E-state index in [0.29, 0.717) is 55.8 Å². The number of esters is 1. The van der Waals surface area contributed by atoms with Gasteiger partial charge in [0.05, 0.1) is 13.2 Å². The van der Waals surface area contributed by atoms with Crippen molar-refractivity contribution in [1.82, 2.24) is 5.32 Å². The van der Waals surface area contributed by atoms with E-state index in [1.54, 1.807) is 30.4 Å². The minimum atomic E-state index is -0.643. The smallest absolute Gasteiger partial charge is 0.342 e. The van der Waals surface area contributed by atoms with Gasteiger partial charge in [-0.15, -0.1) is 0 Å². The molecule has 0 unspecified atom stereocenters. The summed E-state index contributed by atoms with van der Waals surface area (Å²) in [5.74, 6) is -0.573. The zero-order valence-corrected chi connectivity index (χ0v) is 21.4. The van der Waals surface area contributed by atoms with E-state index in [0.717, 1.165) is 0 Å². The van der Waals surface area contributed by atoms with Gasteiger partial charge >= 0.3 is 12.0 Å². The van der Waals surface area contributed by atoms with Gasteiger partial charge in [-0.2, -0.15) is 0 Å². The van der Waals surface area contributed by atoms with Crippen molar-refractivity contribution in [2.24, 2.45) is 5.92 Å². The quantitative estimate of drug-likeness (QED) is 0.382. The number of benzene rings is 2. The molecule has 0 spiro atoms. The number of fused-ring (bicyclic) bond motifs is 1. The number of ether oxygens (including phenoxy) is 2. The Bertz CT molecular complexity index is 1120. The molecule has 0 saturated carbocycles. The summed E-state index contributed by atoms with van der Waals surface area (Å²) < 4.78 is 11.1. The van der Waals surface area contributed by atoms with Crippen LogP contribution in [0.1, 0.15) is 48.5 Å². The monoisotopic (exact) mass is 528 g/mol. The van der Waals surface area contributed by atoms with Crippen LogP contribution >= 0.6 is 0 Å². The third-order valence-corrected chi connectivity index (χ3v) is 5.41. The molecular formula is C28H36N2O8. The number of amides is 2. The number of urea groups is 1. The number of anilines is 1. The van der Waals surface area contributed by atoms with E-state index in [4.69, 9.17) is 9.47 Å². The van der Waals surface area contributed by atoms with Gasteiger partial charge in [-0.25, -0.2) is 9.59 Å². The van der Waals surface area contributed by atoms with Gasteiger partial charge in [0.2, 0.25) is 0 Å². The zero-order chi connectivity index (χ0) is 25.8. The van der Waals surface area contributed by atoms with E-state index in [1.807, 2.05) is 31.2 Å². The lowest BCUT2D eigenvalue weighted by atomic mass is 10.0. The van der Waals surface area contributed by atoms with Crippen molar-refractivity contribution >= 4 is 29.5 Å². The van der Waals surface area contributed by atoms with Crippen molar-refractivity contribution < 1.29 is 39.9 Å². The van der Waals surface area contributed by atoms with E-state index in [1.165, 1.54) is 12.1 Å². The number of cyclic esters (lactones) is 1. The van der Waals surface area contributed by atoms with Crippen LogP contribution in [0.2, 0.25) is 0 Å². The Morgan fingerprint density at radius 1 is 1.13 bits per heavy atom. The number of phenols is 1. The van der Waals surface area contributed by atoms with Crippen LogP contribution in [0.4, 0.5) is 10.5 Å². The number of carbonyl (C=O) groups is 3. The molecule has 3 rings (SSSR count). The summed E-state index contributed by atoms with van der Waals surface area (Å²) in [6.45, 7) is 2.63. The Balaban J connectivity index is 0.00000361. The lowest BCUT2D eigenvalue weighted by Crippen LogP contribution is -2.30. The Morgan fingerprint density at radius 3 is 2.66 bits per heavy atom. The maximum atomic E-state index is 12.7. The maximum Gasteiger partial charge on any atom is 0.342 e. The first kappa shape index (κ1) is 31.9. The normalized spacial score (nSPS) is 17.2. The molecule has 0 saturated heterocycles. The summed E-state index contributed by atoms with van der Waals surface area (Å²) in [4.78, 5) is 36.6. The number of phenolic OH excluding ortho intramolecular Hbond substituents is 1. The first-order chi connectivity index (χ1) is 17.4. The Hall–Kier alpha value is -4.15. The Labute approximate surface area is 222 Å². The molecule has 1 aliphatic heterocycles. The molecular weight excluding hydrogens is 492 g/mol. The summed E-state index contributed by atoms with van der Waals surface area (Å²) in [7, 11) is 0. The van der Waals surface area contributed by atoms with Gasteiger partial charge in [0.25, 0.3) is 0 Å². The van der Waals surface area contributed by atoms with Crippen LogP contribution in [-0.2, 0) is 9.53 Å². The van der Waals surface area contributed by atoms with Gasteiger partial charge in [-0.05, 0) is 49.1 Å². The minimum Gasteiger partial charge on any atom is -0.507 e. The van der Waals surface area contributed by atoms with Crippen molar-refractivity contribution in [3.8, 4) is 11.5 Å². The van der Waals surface area contributed by atoms with Crippen molar-refractivity contribution in [3.05, 3.63) is 71.8 Å². The van der Waals surface area contributed by atoms with Crippen LogP contribution < -0.4 is 15.4 Å². The molecule has 10 nitrogen and oxygen atoms in total. The maximum absolute atomic E-state index is 12.7. The van der Waals surface area contributed by atoms with Crippen LogP contribution in [0.3, 0.4) is 0 Å². The molecule has 2 aromatic carbocycles. The van der Waals surface area contributed by atoms with Crippen LogP contribution in [0.15, 0.2) is 60.7 Å². The molecule has 0 fully saturated rings. The lowest BCUT2D eigenvalue weighted by molar-refractivity contribution is -0.114. The molecule has 1 aliphatic rings. The molecule has 0 aromatic heterocycles. The Morgan fingerprint density at radius 2 is 1.89 bits per heavy atom. The topological polar surface area (TPSA) is 177 Å². The molecule has 10 heteroatoms. The highest BCUT2D eigenvalue weighted by Gasteiger charge is 2.19. The first-order valence-corrected chi connectivity index (χ1v) is 12.1. The molecule has 0 aliphatic carbocycles. The molecule has 0 bridgehead atoms. The molecule has 206 valence electrons. The number of nitrogens with one attached hydrogen (secondary N) is 2. The summed E-state index contributed by atoms with van der Waals surface area (Å²) in [6.07, 6.45) is 9.16. The number of ketones is 1. The van der Waals surface area contributed by atoms with Crippen molar-refractivity contribution in [2.75, 3.05) is 25.1 Å². The Kier molecular flexibility index (Phi) is 13.9. The van der Waals surface area contributed by atoms with Gasteiger partial charge < -0.3 is 36.2 Å². The minimum absolute atomic E-state index is 0. The largest absolute Gasteiger partial charge is 0.507 e.